The molecule has 0 bridgehead atoms. The monoisotopic (exact) mass is 242 g/mol. The van der Waals surface area contributed by atoms with Crippen LogP contribution in [0.25, 0.3) is 0 Å². The predicted molar refractivity (Wildman–Crippen MR) is 66.4 cm³/mol. The maximum atomic E-state index is 8.99. The summed E-state index contributed by atoms with van der Waals surface area (Å²) in [6, 6.07) is 3.77. The molecule has 0 amide bonds. The van der Waals surface area contributed by atoms with Gasteiger partial charge in [-0.1, -0.05) is 31.5 Å². The van der Waals surface area contributed by atoms with Crippen LogP contribution in [-0.4, -0.2) is 34.7 Å². The number of hydrogen-bond donors (Lipinski definition) is 1. The largest absolute Gasteiger partial charge is 0.395 e. The summed E-state index contributed by atoms with van der Waals surface area (Å²) in [6.45, 7) is 7.01. The van der Waals surface area contributed by atoms with Crippen LogP contribution in [0.5, 0.6) is 0 Å². The second kappa shape index (κ2) is 6.84. The molecule has 0 aliphatic heterocycles. The van der Waals surface area contributed by atoms with Gasteiger partial charge in [0.25, 0.3) is 0 Å². The minimum atomic E-state index is 0.188. The van der Waals surface area contributed by atoms with Gasteiger partial charge in [-0.2, -0.15) is 0 Å². The van der Waals surface area contributed by atoms with E-state index in [0.29, 0.717) is 17.6 Å². The zero-order chi connectivity index (χ0) is 12.0. The zero-order valence-electron chi connectivity index (χ0n) is 9.86. The third-order valence-electron chi connectivity index (χ3n) is 2.23. The van der Waals surface area contributed by atoms with E-state index in [2.05, 4.69) is 23.7 Å². The van der Waals surface area contributed by atoms with Gasteiger partial charge in [-0.3, -0.25) is 4.90 Å². The van der Waals surface area contributed by atoms with E-state index >= 15 is 0 Å². The van der Waals surface area contributed by atoms with Crippen LogP contribution in [0.1, 0.15) is 19.4 Å². The number of aliphatic hydroxyl groups is 1. The van der Waals surface area contributed by atoms with Gasteiger partial charge in [-0.05, 0) is 17.5 Å². The van der Waals surface area contributed by atoms with Crippen molar-refractivity contribution in [3.63, 3.8) is 0 Å². The van der Waals surface area contributed by atoms with E-state index in [0.717, 1.165) is 18.7 Å². The maximum Gasteiger partial charge on any atom is 0.129 e. The molecule has 0 aliphatic rings. The molecule has 1 N–H and O–H groups in total. The maximum absolute atomic E-state index is 8.99. The van der Waals surface area contributed by atoms with Crippen molar-refractivity contribution in [3.8, 4) is 0 Å². The highest BCUT2D eigenvalue weighted by atomic mass is 35.5. The molecule has 0 saturated carbocycles. The molecule has 0 unspecified atom stereocenters. The van der Waals surface area contributed by atoms with E-state index in [1.165, 1.54) is 0 Å². The van der Waals surface area contributed by atoms with Crippen molar-refractivity contribution in [1.29, 1.82) is 0 Å². The van der Waals surface area contributed by atoms with E-state index in [1.54, 1.807) is 12.3 Å². The van der Waals surface area contributed by atoms with E-state index in [-0.39, 0.29) is 6.61 Å². The van der Waals surface area contributed by atoms with Crippen LogP contribution in [0.15, 0.2) is 18.3 Å². The second-order valence-electron chi connectivity index (χ2n) is 4.34. The number of hydrogen-bond acceptors (Lipinski definition) is 3. The lowest BCUT2D eigenvalue weighted by Gasteiger charge is -2.23. The van der Waals surface area contributed by atoms with Crippen molar-refractivity contribution < 1.29 is 5.11 Å². The molecule has 0 radical (unpaired) electrons. The third kappa shape index (κ3) is 4.92. The van der Waals surface area contributed by atoms with Crippen LogP contribution in [0.2, 0.25) is 5.15 Å². The lowest BCUT2D eigenvalue weighted by Crippen LogP contribution is -2.30. The highest BCUT2D eigenvalue weighted by Gasteiger charge is 2.07. The van der Waals surface area contributed by atoms with Gasteiger partial charge in [0.1, 0.15) is 5.15 Å². The van der Waals surface area contributed by atoms with Crippen molar-refractivity contribution in [1.82, 2.24) is 9.88 Å². The lowest BCUT2D eigenvalue weighted by molar-refractivity contribution is 0.175. The standard InChI is InChI=1S/C12H19ClN2O/c1-10(2)8-15(5-6-16)9-11-3-4-12(13)14-7-11/h3-4,7,10,16H,5-6,8-9H2,1-2H3. The fourth-order valence-electron chi connectivity index (χ4n) is 1.65. The van der Waals surface area contributed by atoms with Gasteiger partial charge in [0, 0.05) is 25.8 Å². The molecule has 0 aliphatic carbocycles. The van der Waals surface area contributed by atoms with E-state index in [4.69, 9.17) is 16.7 Å². The summed E-state index contributed by atoms with van der Waals surface area (Å²) in [5, 5.41) is 9.51. The van der Waals surface area contributed by atoms with Crippen LogP contribution in [0, 0.1) is 5.92 Å². The van der Waals surface area contributed by atoms with Crippen LogP contribution in [0.3, 0.4) is 0 Å². The molecule has 0 spiro atoms. The topological polar surface area (TPSA) is 36.4 Å². The summed E-state index contributed by atoms with van der Waals surface area (Å²) < 4.78 is 0. The molecule has 0 aromatic carbocycles. The Kier molecular flexibility index (Phi) is 5.74. The van der Waals surface area contributed by atoms with E-state index in [9.17, 15) is 0 Å². The Morgan fingerprint density at radius 1 is 1.44 bits per heavy atom. The van der Waals surface area contributed by atoms with Crippen molar-refractivity contribution in [2.75, 3.05) is 19.7 Å². The molecular formula is C12H19ClN2O. The van der Waals surface area contributed by atoms with E-state index < -0.39 is 0 Å². The lowest BCUT2D eigenvalue weighted by atomic mass is 10.2. The molecule has 0 atom stereocenters. The molecule has 16 heavy (non-hydrogen) atoms. The first-order chi connectivity index (χ1) is 7.61. The number of pyridine rings is 1. The van der Waals surface area contributed by atoms with Gasteiger partial charge in [0.2, 0.25) is 0 Å². The van der Waals surface area contributed by atoms with E-state index in [1.807, 2.05) is 6.07 Å². The SMILES string of the molecule is CC(C)CN(CCO)Cc1ccc(Cl)nc1. The van der Waals surface area contributed by atoms with Crippen LogP contribution in [-0.2, 0) is 6.54 Å². The molecule has 90 valence electrons. The van der Waals surface area contributed by atoms with Crippen LogP contribution in [0.4, 0.5) is 0 Å². The number of aromatic nitrogens is 1. The average molecular weight is 243 g/mol. The first-order valence-electron chi connectivity index (χ1n) is 5.55. The molecule has 1 aromatic heterocycles. The molecule has 1 heterocycles. The van der Waals surface area contributed by atoms with Crippen molar-refractivity contribution >= 4 is 11.6 Å². The Balaban J connectivity index is 2.56. The number of halogens is 1. The second-order valence-corrected chi connectivity index (χ2v) is 4.73. The Bertz CT molecular complexity index is 300. The number of nitrogens with zero attached hydrogens (tertiary/aromatic N) is 2. The van der Waals surface area contributed by atoms with Gasteiger partial charge in [0.15, 0.2) is 0 Å². The molecule has 1 rings (SSSR count). The molecular weight excluding hydrogens is 224 g/mol. The Morgan fingerprint density at radius 3 is 2.69 bits per heavy atom. The first kappa shape index (κ1) is 13.4. The average Bonchev–Trinajstić information content (AvgIpc) is 2.21. The quantitative estimate of drug-likeness (QED) is 0.777. The van der Waals surface area contributed by atoms with Crippen LogP contribution >= 0.6 is 11.6 Å². The van der Waals surface area contributed by atoms with Gasteiger partial charge in [-0.25, -0.2) is 4.98 Å². The summed E-state index contributed by atoms with van der Waals surface area (Å²) in [6.07, 6.45) is 1.78. The van der Waals surface area contributed by atoms with Crippen molar-refractivity contribution in [3.05, 3.63) is 29.0 Å². The van der Waals surface area contributed by atoms with Gasteiger partial charge in [0.05, 0.1) is 6.61 Å². The van der Waals surface area contributed by atoms with Gasteiger partial charge < -0.3 is 5.11 Å². The summed E-state index contributed by atoms with van der Waals surface area (Å²) in [7, 11) is 0. The highest BCUT2D eigenvalue weighted by molar-refractivity contribution is 6.29. The molecule has 1 aromatic rings. The smallest absolute Gasteiger partial charge is 0.129 e. The van der Waals surface area contributed by atoms with Gasteiger partial charge in [-0.15, -0.1) is 0 Å². The number of aliphatic hydroxyl groups excluding tert-OH is 1. The van der Waals surface area contributed by atoms with Crippen molar-refractivity contribution in [2.45, 2.75) is 20.4 Å². The summed E-state index contributed by atoms with van der Waals surface area (Å²) in [5.41, 5.74) is 1.12. The molecule has 3 nitrogen and oxygen atoms in total. The van der Waals surface area contributed by atoms with Crippen molar-refractivity contribution in [2.24, 2.45) is 5.92 Å². The highest BCUT2D eigenvalue weighted by Crippen LogP contribution is 2.09. The molecule has 4 heteroatoms. The molecule has 0 saturated heterocycles. The summed E-state index contributed by atoms with van der Waals surface area (Å²) in [4.78, 5) is 6.27. The minimum Gasteiger partial charge on any atom is -0.395 e. The minimum absolute atomic E-state index is 0.188. The zero-order valence-corrected chi connectivity index (χ0v) is 10.6. The fraction of sp³-hybridized carbons (Fsp3) is 0.583. The summed E-state index contributed by atoms with van der Waals surface area (Å²) in [5.74, 6) is 0.590. The molecule has 0 fully saturated rings. The fourth-order valence-corrected chi connectivity index (χ4v) is 1.76. The third-order valence-corrected chi connectivity index (χ3v) is 2.46. The number of rotatable bonds is 6. The Morgan fingerprint density at radius 2 is 2.19 bits per heavy atom. The predicted octanol–water partition coefficient (Wildman–Crippen LogP) is 2.19. The Labute approximate surface area is 102 Å². The normalized spacial score (nSPS) is 11.4. The first-order valence-corrected chi connectivity index (χ1v) is 5.93. The summed E-state index contributed by atoms with van der Waals surface area (Å²) >= 11 is 5.73. The Hall–Kier alpha value is -0.640. The van der Waals surface area contributed by atoms with Crippen LogP contribution < -0.4 is 0 Å². The van der Waals surface area contributed by atoms with Gasteiger partial charge >= 0.3 is 0 Å².